The minimum Gasteiger partial charge on any atom is -0.486 e. The molecule has 1 aromatic rings. The fraction of sp³-hybridized carbons (Fsp3) is 0.385. The number of fused-ring (bicyclic) bond motifs is 1. The monoisotopic (exact) mass is 298 g/mol. The van der Waals surface area contributed by atoms with Crippen molar-refractivity contribution in [2.45, 2.75) is 6.42 Å². The maximum absolute atomic E-state index is 11.7. The smallest absolute Gasteiger partial charge is 0.239 e. The van der Waals surface area contributed by atoms with Crippen LogP contribution in [-0.4, -0.2) is 38.6 Å². The summed E-state index contributed by atoms with van der Waals surface area (Å²) in [5.74, 6) is 0.533. The molecular formula is C13H15ClN2O4. The molecule has 2 rings (SSSR count). The van der Waals surface area contributed by atoms with E-state index in [1.165, 1.54) is 7.05 Å². The highest BCUT2D eigenvalue weighted by Crippen LogP contribution is 2.38. The summed E-state index contributed by atoms with van der Waals surface area (Å²) in [5.41, 5.74) is 0.702. The molecule has 2 N–H and O–H groups in total. The van der Waals surface area contributed by atoms with E-state index < -0.39 is 0 Å². The lowest BCUT2D eigenvalue weighted by atomic mass is 10.1. The third kappa shape index (κ3) is 3.54. The number of rotatable bonds is 4. The second kappa shape index (κ2) is 6.47. The predicted molar refractivity (Wildman–Crippen MR) is 73.2 cm³/mol. The molecule has 1 aliphatic heterocycles. The first kappa shape index (κ1) is 14.5. The molecule has 1 heterocycles. The third-order valence-corrected chi connectivity index (χ3v) is 3.03. The van der Waals surface area contributed by atoms with Gasteiger partial charge in [0.25, 0.3) is 0 Å². The third-order valence-electron chi connectivity index (χ3n) is 2.75. The van der Waals surface area contributed by atoms with Gasteiger partial charge >= 0.3 is 0 Å². The summed E-state index contributed by atoms with van der Waals surface area (Å²) in [4.78, 5) is 22.7. The standard InChI is InChI=1S/C13H15ClN2O4/c1-15-12(18)7-16-11(17)6-8-4-9(14)13-10(5-8)19-2-3-20-13/h4-5H,2-3,6-7H2,1H3,(H,15,18)(H,16,17). The van der Waals surface area contributed by atoms with Crippen LogP contribution in [0.15, 0.2) is 12.1 Å². The number of carbonyl (C=O) groups excluding carboxylic acids is 2. The molecule has 1 aliphatic rings. The number of halogens is 1. The molecule has 0 aromatic heterocycles. The second-order valence-electron chi connectivity index (χ2n) is 4.23. The number of benzene rings is 1. The summed E-state index contributed by atoms with van der Waals surface area (Å²) < 4.78 is 10.8. The Hall–Kier alpha value is -1.95. The van der Waals surface area contributed by atoms with Crippen LogP contribution in [-0.2, 0) is 16.0 Å². The quantitative estimate of drug-likeness (QED) is 0.849. The van der Waals surface area contributed by atoms with Gasteiger partial charge in [-0.2, -0.15) is 0 Å². The topological polar surface area (TPSA) is 76.7 Å². The van der Waals surface area contributed by atoms with Crippen molar-refractivity contribution < 1.29 is 19.1 Å². The minimum atomic E-state index is -0.263. The molecule has 20 heavy (non-hydrogen) atoms. The molecule has 0 bridgehead atoms. The molecule has 1 aromatic carbocycles. The largest absolute Gasteiger partial charge is 0.486 e. The maximum Gasteiger partial charge on any atom is 0.239 e. The van der Waals surface area contributed by atoms with Crippen molar-refractivity contribution in [1.29, 1.82) is 0 Å². The number of ether oxygens (including phenoxy) is 2. The van der Waals surface area contributed by atoms with Crippen molar-refractivity contribution in [3.05, 3.63) is 22.7 Å². The summed E-state index contributed by atoms with van der Waals surface area (Å²) in [7, 11) is 1.51. The Labute approximate surface area is 121 Å². The first-order valence-corrected chi connectivity index (χ1v) is 6.53. The highest BCUT2D eigenvalue weighted by atomic mass is 35.5. The number of carbonyl (C=O) groups is 2. The van der Waals surface area contributed by atoms with Crippen LogP contribution in [0.2, 0.25) is 5.02 Å². The molecule has 2 amide bonds. The van der Waals surface area contributed by atoms with Crippen LogP contribution in [0.25, 0.3) is 0 Å². The van der Waals surface area contributed by atoms with Gasteiger partial charge in [0.1, 0.15) is 13.2 Å². The summed E-state index contributed by atoms with van der Waals surface area (Å²) in [5, 5.41) is 5.35. The zero-order valence-electron chi connectivity index (χ0n) is 11.0. The number of nitrogens with one attached hydrogen (secondary N) is 2. The predicted octanol–water partition coefficient (Wildman–Crippen LogP) is 0.516. The van der Waals surface area contributed by atoms with Gasteiger partial charge in [-0.15, -0.1) is 0 Å². The van der Waals surface area contributed by atoms with E-state index in [0.717, 1.165) is 0 Å². The Morgan fingerprint density at radius 3 is 2.75 bits per heavy atom. The summed E-state index contributed by atoms with van der Waals surface area (Å²) in [6.07, 6.45) is 0.118. The van der Waals surface area contributed by atoms with Gasteiger partial charge in [-0.3, -0.25) is 9.59 Å². The van der Waals surface area contributed by atoms with Crippen LogP contribution in [0.3, 0.4) is 0 Å². The van der Waals surface area contributed by atoms with Gasteiger partial charge in [-0.1, -0.05) is 11.6 Å². The molecule has 0 aliphatic carbocycles. The Morgan fingerprint density at radius 1 is 1.25 bits per heavy atom. The molecule has 0 atom stereocenters. The first-order chi connectivity index (χ1) is 9.60. The lowest BCUT2D eigenvalue weighted by Crippen LogP contribution is -2.35. The van der Waals surface area contributed by atoms with E-state index in [1.54, 1.807) is 12.1 Å². The molecule has 0 fully saturated rings. The summed E-state index contributed by atoms with van der Waals surface area (Å²) in [6.45, 7) is 0.863. The van der Waals surface area contributed by atoms with Crippen LogP contribution in [0, 0.1) is 0 Å². The van der Waals surface area contributed by atoms with E-state index in [-0.39, 0.29) is 24.8 Å². The van der Waals surface area contributed by atoms with Crippen molar-refractivity contribution in [2.24, 2.45) is 0 Å². The Kier molecular flexibility index (Phi) is 4.68. The van der Waals surface area contributed by atoms with Crippen LogP contribution < -0.4 is 20.1 Å². The number of hydrogen-bond acceptors (Lipinski definition) is 4. The van der Waals surface area contributed by atoms with E-state index in [4.69, 9.17) is 21.1 Å². The van der Waals surface area contributed by atoms with Gasteiger partial charge in [-0.05, 0) is 17.7 Å². The number of amides is 2. The Bertz CT molecular complexity index is 533. The lowest BCUT2D eigenvalue weighted by molar-refractivity contribution is -0.125. The van der Waals surface area contributed by atoms with Crippen LogP contribution in [0.4, 0.5) is 0 Å². The van der Waals surface area contributed by atoms with Crippen molar-refractivity contribution in [1.82, 2.24) is 10.6 Å². The lowest BCUT2D eigenvalue weighted by Gasteiger charge is -2.20. The molecule has 7 heteroatoms. The number of hydrogen-bond donors (Lipinski definition) is 2. The average Bonchev–Trinajstić information content (AvgIpc) is 2.44. The molecule has 0 spiro atoms. The second-order valence-corrected chi connectivity index (χ2v) is 4.64. The molecular weight excluding hydrogens is 284 g/mol. The van der Waals surface area contributed by atoms with E-state index in [9.17, 15) is 9.59 Å². The average molecular weight is 299 g/mol. The number of likely N-dealkylation sites (N-methyl/N-ethyl adjacent to an activating group) is 1. The van der Waals surface area contributed by atoms with Gasteiger partial charge in [0.15, 0.2) is 11.5 Å². The molecule has 0 saturated carbocycles. The van der Waals surface area contributed by atoms with Gasteiger partial charge in [0, 0.05) is 7.05 Å². The highest BCUT2D eigenvalue weighted by molar-refractivity contribution is 6.32. The molecule has 108 valence electrons. The first-order valence-electron chi connectivity index (χ1n) is 6.15. The zero-order chi connectivity index (χ0) is 14.5. The van der Waals surface area contributed by atoms with Gasteiger partial charge in [0.2, 0.25) is 11.8 Å². The zero-order valence-corrected chi connectivity index (χ0v) is 11.8. The SMILES string of the molecule is CNC(=O)CNC(=O)Cc1cc(Cl)c2c(c1)OCCO2. The van der Waals surface area contributed by atoms with Crippen molar-refractivity contribution >= 4 is 23.4 Å². The van der Waals surface area contributed by atoms with E-state index in [0.29, 0.717) is 35.3 Å². The summed E-state index contributed by atoms with van der Waals surface area (Å²) >= 11 is 6.08. The van der Waals surface area contributed by atoms with Gasteiger partial charge < -0.3 is 20.1 Å². The van der Waals surface area contributed by atoms with E-state index in [1.807, 2.05) is 0 Å². The molecule has 0 saturated heterocycles. The van der Waals surface area contributed by atoms with E-state index >= 15 is 0 Å². The van der Waals surface area contributed by atoms with Crippen molar-refractivity contribution in [2.75, 3.05) is 26.8 Å². The fourth-order valence-corrected chi connectivity index (χ4v) is 2.07. The normalized spacial score (nSPS) is 12.7. The highest BCUT2D eigenvalue weighted by Gasteiger charge is 2.17. The molecule has 0 radical (unpaired) electrons. The van der Waals surface area contributed by atoms with Crippen LogP contribution in [0.1, 0.15) is 5.56 Å². The Balaban J connectivity index is 2.01. The Morgan fingerprint density at radius 2 is 2.00 bits per heavy atom. The van der Waals surface area contributed by atoms with E-state index in [2.05, 4.69) is 10.6 Å². The minimum absolute atomic E-state index is 0.0480. The maximum atomic E-state index is 11.7. The summed E-state index contributed by atoms with van der Waals surface area (Å²) in [6, 6.07) is 3.38. The fourth-order valence-electron chi connectivity index (χ4n) is 1.78. The molecule has 6 nitrogen and oxygen atoms in total. The van der Waals surface area contributed by atoms with Crippen LogP contribution in [0.5, 0.6) is 11.5 Å². The van der Waals surface area contributed by atoms with Crippen LogP contribution >= 0.6 is 11.6 Å². The van der Waals surface area contributed by atoms with Crippen molar-refractivity contribution in [3.63, 3.8) is 0 Å². The van der Waals surface area contributed by atoms with Gasteiger partial charge in [-0.25, -0.2) is 0 Å². The molecule has 0 unspecified atom stereocenters. The van der Waals surface area contributed by atoms with Crippen molar-refractivity contribution in [3.8, 4) is 11.5 Å². The van der Waals surface area contributed by atoms with Gasteiger partial charge in [0.05, 0.1) is 18.0 Å².